The molecule has 1 rings (SSSR count). The summed E-state index contributed by atoms with van der Waals surface area (Å²) in [5.74, 6) is 0.116. The summed E-state index contributed by atoms with van der Waals surface area (Å²) in [6, 6.07) is 7.51. The third-order valence-electron chi connectivity index (χ3n) is 1.45. The molecule has 11 heavy (non-hydrogen) atoms. The SMILES string of the molecule is Cc1ccc(C(=N)N=[NH2+])cc1. The van der Waals surface area contributed by atoms with E-state index in [-0.39, 0.29) is 5.84 Å². The summed E-state index contributed by atoms with van der Waals surface area (Å²) in [7, 11) is 0. The molecule has 0 saturated heterocycles. The van der Waals surface area contributed by atoms with Gasteiger partial charge < -0.3 is 0 Å². The average molecular weight is 148 g/mol. The van der Waals surface area contributed by atoms with Crippen LogP contribution in [0.5, 0.6) is 0 Å². The Morgan fingerprint density at radius 2 is 1.91 bits per heavy atom. The minimum absolute atomic E-state index is 0.116. The van der Waals surface area contributed by atoms with Crippen molar-refractivity contribution in [2.75, 3.05) is 0 Å². The molecular formula is C8H10N3+. The van der Waals surface area contributed by atoms with Crippen LogP contribution in [0.1, 0.15) is 11.1 Å². The number of aryl methyl sites for hydroxylation is 1. The van der Waals surface area contributed by atoms with Crippen LogP contribution in [-0.4, -0.2) is 5.84 Å². The number of hydrogen-bond acceptors (Lipinski definition) is 1. The van der Waals surface area contributed by atoms with E-state index >= 15 is 0 Å². The van der Waals surface area contributed by atoms with E-state index < -0.39 is 0 Å². The second kappa shape index (κ2) is 3.05. The van der Waals surface area contributed by atoms with Crippen LogP contribution in [-0.2, 0) is 0 Å². The zero-order chi connectivity index (χ0) is 8.27. The van der Waals surface area contributed by atoms with E-state index in [1.807, 2.05) is 31.2 Å². The van der Waals surface area contributed by atoms with Gasteiger partial charge in [0.25, 0.3) is 0 Å². The summed E-state index contributed by atoms with van der Waals surface area (Å²) in [5.41, 5.74) is 6.86. The normalized spacial score (nSPS) is 9.18. The molecule has 0 fully saturated rings. The van der Waals surface area contributed by atoms with Crippen LogP contribution in [0.15, 0.2) is 29.4 Å². The highest BCUT2D eigenvalue weighted by Crippen LogP contribution is 2.03. The second-order valence-electron chi connectivity index (χ2n) is 2.34. The van der Waals surface area contributed by atoms with Crippen molar-refractivity contribution in [2.24, 2.45) is 5.11 Å². The number of benzene rings is 1. The number of nitrogens with zero attached hydrogens (tertiary/aromatic N) is 1. The molecule has 0 aliphatic heterocycles. The molecule has 0 aliphatic rings. The van der Waals surface area contributed by atoms with E-state index in [4.69, 9.17) is 10.9 Å². The van der Waals surface area contributed by atoms with E-state index in [0.717, 1.165) is 5.56 Å². The molecule has 0 spiro atoms. The predicted octanol–water partition coefficient (Wildman–Crippen LogP) is 0.532. The highest BCUT2D eigenvalue weighted by atomic mass is 15.0. The molecule has 1 aromatic carbocycles. The molecule has 0 unspecified atom stereocenters. The fourth-order valence-corrected chi connectivity index (χ4v) is 0.786. The number of nitrogens with one attached hydrogen (secondary N) is 1. The maximum atomic E-state index is 7.26. The Hall–Kier alpha value is -1.51. The van der Waals surface area contributed by atoms with Gasteiger partial charge in [-0.1, -0.05) is 29.8 Å². The van der Waals surface area contributed by atoms with Gasteiger partial charge in [0.2, 0.25) is 5.84 Å². The summed E-state index contributed by atoms with van der Waals surface area (Å²) in [6.07, 6.45) is 0. The zero-order valence-electron chi connectivity index (χ0n) is 6.33. The van der Waals surface area contributed by atoms with Crippen LogP contribution >= 0.6 is 0 Å². The highest BCUT2D eigenvalue weighted by Gasteiger charge is 1.98. The van der Waals surface area contributed by atoms with Crippen molar-refractivity contribution in [2.45, 2.75) is 6.92 Å². The summed E-state index contributed by atoms with van der Waals surface area (Å²) in [6.45, 7) is 1.99. The van der Waals surface area contributed by atoms with Crippen LogP contribution in [0.4, 0.5) is 0 Å². The van der Waals surface area contributed by atoms with Crippen molar-refractivity contribution in [1.82, 2.24) is 0 Å². The van der Waals surface area contributed by atoms with Gasteiger partial charge in [-0.3, -0.25) is 5.41 Å². The zero-order valence-corrected chi connectivity index (χ0v) is 6.33. The maximum Gasteiger partial charge on any atom is 0.218 e. The first-order chi connectivity index (χ1) is 5.24. The van der Waals surface area contributed by atoms with Crippen molar-refractivity contribution >= 4 is 5.84 Å². The Bertz CT molecular complexity index is 274. The van der Waals surface area contributed by atoms with Crippen molar-refractivity contribution in [1.29, 1.82) is 5.41 Å². The van der Waals surface area contributed by atoms with Gasteiger partial charge in [-0.15, -0.1) is 0 Å². The van der Waals surface area contributed by atoms with Crippen LogP contribution < -0.4 is 5.53 Å². The Morgan fingerprint density at radius 3 is 2.36 bits per heavy atom. The van der Waals surface area contributed by atoms with E-state index in [1.54, 1.807) is 0 Å². The molecule has 3 heteroatoms. The molecule has 0 bridgehead atoms. The molecule has 0 atom stereocenters. The van der Waals surface area contributed by atoms with E-state index in [1.165, 1.54) is 5.56 Å². The fraction of sp³-hybridized carbons (Fsp3) is 0.125. The summed E-state index contributed by atoms with van der Waals surface area (Å²) >= 11 is 0. The minimum Gasteiger partial charge on any atom is -0.277 e. The number of amidine groups is 1. The van der Waals surface area contributed by atoms with Gasteiger partial charge >= 0.3 is 0 Å². The molecule has 0 radical (unpaired) electrons. The van der Waals surface area contributed by atoms with Crippen molar-refractivity contribution in [3.63, 3.8) is 0 Å². The lowest BCUT2D eigenvalue weighted by Crippen LogP contribution is -2.26. The molecule has 3 nitrogen and oxygen atoms in total. The van der Waals surface area contributed by atoms with Gasteiger partial charge in [-0.25, -0.2) is 0 Å². The van der Waals surface area contributed by atoms with Gasteiger partial charge in [0.15, 0.2) is 0 Å². The van der Waals surface area contributed by atoms with Crippen molar-refractivity contribution in [3.8, 4) is 0 Å². The number of hydrogen-bond donors (Lipinski definition) is 2. The monoisotopic (exact) mass is 148 g/mol. The Kier molecular flexibility index (Phi) is 2.11. The molecule has 0 aliphatic carbocycles. The largest absolute Gasteiger partial charge is 0.277 e. The standard InChI is InChI=1S/C8H9N3/c1-6-2-4-7(5-3-6)8(9)11-10/h2-5,9-10H,1H3/p+1. The van der Waals surface area contributed by atoms with Crippen LogP contribution in [0.2, 0.25) is 0 Å². The summed E-state index contributed by atoms with van der Waals surface area (Å²) < 4.78 is 0. The molecule has 56 valence electrons. The Balaban J connectivity index is 2.98. The molecule has 1 aromatic rings. The molecule has 0 saturated carbocycles. The Morgan fingerprint density at radius 1 is 1.36 bits per heavy atom. The molecular weight excluding hydrogens is 138 g/mol. The molecule has 0 heterocycles. The van der Waals surface area contributed by atoms with Crippen LogP contribution in [0, 0.1) is 12.3 Å². The molecule has 0 aromatic heterocycles. The van der Waals surface area contributed by atoms with Gasteiger partial charge in [-0.2, -0.15) is 5.53 Å². The van der Waals surface area contributed by atoms with Gasteiger partial charge in [0.1, 0.15) is 0 Å². The first kappa shape index (κ1) is 7.60. The third-order valence-corrected chi connectivity index (χ3v) is 1.45. The quantitative estimate of drug-likeness (QED) is 0.331. The first-order valence-electron chi connectivity index (χ1n) is 3.30. The Labute approximate surface area is 65.1 Å². The minimum atomic E-state index is 0.116. The first-order valence-corrected chi connectivity index (χ1v) is 3.30. The summed E-state index contributed by atoms with van der Waals surface area (Å²) in [5, 5.41) is 10.5. The lowest BCUT2D eigenvalue weighted by Gasteiger charge is -1.94. The summed E-state index contributed by atoms with van der Waals surface area (Å²) in [4.78, 5) is 0. The topological polar surface area (TPSA) is 61.8 Å². The fourth-order valence-electron chi connectivity index (χ4n) is 0.786. The van der Waals surface area contributed by atoms with E-state index in [9.17, 15) is 0 Å². The average Bonchev–Trinajstić information content (AvgIpc) is 2.05. The van der Waals surface area contributed by atoms with Gasteiger partial charge in [0, 0.05) is 10.7 Å². The number of nitrogens with two attached hydrogens (primary N) is 1. The van der Waals surface area contributed by atoms with Crippen molar-refractivity contribution in [3.05, 3.63) is 35.4 Å². The van der Waals surface area contributed by atoms with Gasteiger partial charge in [0.05, 0.1) is 0 Å². The lowest BCUT2D eigenvalue weighted by atomic mass is 10.1. The van der Waals surface area contributed by atoms with Gasteiger partial charge in [-0.05, 0) is 6.92 Å². The molecule has 0 amide bonds. The van der Waals surface area contributed by atoms with Crippen LogP contribution in [0.3, 0.4) is 0 Å². The molecule has 3 N–H and O–H groups in total. The number of rotatable bonds is 1. The highest BCUT2D eigenvalue weighted by molar-refractivity contribution is 5.96. The maximum absolute atomic E-state index is 7.26. The van der Waals surface area contributed by atoms with Crippen molar-refractivity contribution < 1.29 is 5.53 Å². The van der Waals surface area contributed by atoms with E-state index in [0.29, 0.717) is 0 Å². The predicted molar refractivity (Wildman–Crippen MR) is 42.4 cm³/mol. The second-order valence-corrected chi connectivity index (χ2v) is 2.34. The third kappa shape index (κ3) is 1.70. The van der Waals surface area contributed by atoms with Crippen LogP contribution in [0.25, 0.3) is 0 Å². The van der Waals surface area contributed by atoms with E-state index in [2.05, 4.69) is 5.11 Å². The smallest absolute Gasteiger partial charge is 0.218 e. The lowest BCUT2D eigenvalue weighted by molar-refractivity contribution is -0.207.